The summed E-state index contributed by atoms with van der Waals surface area (Å²) in [7, 11) is 0. The summed E-state index contributed by atoms with van der Waals surface area (Å²) in [4.78, 5) is 27.3. The fourth-order valence-electron chi connectivity index (χ4n) is 2.81. The van der Waals surface area contributed by atoms with Crippen molar-refractivity contribution in [3.63, 3.8) is 0 Å². The van der Waals surface area contributed by atoms with Gasteiger partial charge in [-0.1, -0.05) is 67.4 Å². The van der Waals surface area contributed by atoms with Crippen LogP contribution in [0.3, 0.4) is 0 Å². The van der Waals surface area contributed by atoms with Gasteiger partial charge >= 0.3 is 0 Å². The van der Waals surface area contributed by atoms with Crippen molar-refractivity contribution in [3.8, 4) is 0 Å². The van der Waals surface area contributed by atoms with Crippen molar-refractivity contribution in [2.24, 2.45) is 5.92 Å². The van der Waals surface area contributed by atoms with Crippen LogP contribution in [-0.4, -0.2) is 35.1 Å². The lowest BCUT2D eigenvalue weighted by atomic mass is 10.1. The fourth-order valence-corrected chi connectivity index (χ4v) is 4.08. The molecule has 0 fully saturated rings. The molecule has 0 saturated heterocycles. The van der Waals surface area contributed by atoms with Crippen LogP contribution in [-0.2, 0) is 21.9 Å². The Labute approximate surface area is 193 Å². The fraction of sp³-hybridized carbons (Fsp3) is 0.391. The third kappa shape index (κ3) is 7.86. The molecule has 1 atom stereocenters. The topological polar surface area (TPSA) is 49.4 Å². The van der Waals surface area contributed by atoms with E-state index in [9.17, 15) is 9.59 Å². The molecule has 0 aliphatic rings. The molecule has 0 heterocycles. The second-order valence-corrected chi connectivity index (χ2v) is 9.38. The van der Waals surface area contributed by atoms with E-state index in [2.05, 4.69) is 5.32 Å². The highest BCUT2D eigenvalue weighted by Crippen LogP contribution is 2.21. The van der Waals surface area contributed by atoms with Crippen LogP contribution in [0.2, 0.25) is 10.0 Å². The first kappa shape index (κ1) is 24.6. The van der Waals surface area contributed by atoms with Gasteiger partial charge in [-0.15, -0.1) is 11.8 Å². The minimum absolute atomic E-state index is 0.103. The highest BCUT2D eigenvalue weighted by atomic mass is 35.5. The Morgan fingerprint density at radius 2 is 1.80 bits per heavy atom. The molecule has 0 saturated carbocycles. The number of hydrogen-bond acceptors (Lipinski definition) is 3. The second-order valence-electron chi connectivity index (χ2n) is 7.55. The van der Waals surface area contributed by atoms with E-state index < -0.39 is 6.04 Å². The summed E-state index contributed by atoms with van der Waals surface area (Å²) in [6.07, 6.45) is 0. The highest BCUT2D eigenvalue weighted by molar-refractivity contribution is 7.99. The maximum atomic E-state index is 13.1. The van der Waals surface area contributed by atoms with Gasteiger partial charge in [0.2, 0.25) is 11.8 Å². The maximum Gasteiger partial charge on any atom is 0.242 e. The smallest absolute Gasteiger partial charge is 0.242 e. The first-order valence-electron chi connectivity index (χ1n) is 9.90. The Morgan fingerprint density at radius 1 is 1.07 bits per heavy atom. The Kier molecular flexibility index (Phi) is 10.0. The molecule has 1 N–H and O–H groups in total. The summed E-state index contributed by atoms with van der Waals surface area (Å²) < 4.78 is 0. The van der Waals surface area contributed by atoms with Crippen LogP contribution in [0.4, 0.5) is 0 Å². The number of thioether (sulfide) groups is 1. The molecule has 0 aromatic heterocycles. The molecule has 4 nitrogen and oxygen atoms in total. The summed E-state index contributed by atoms with van der Waals surface area (Å²) >= 11 is 13.8. The SMILES string of the molecule is CC(C)CNC(=O)[C@H](C)N(Cc1ccccc1Cl)C(=O)CSCc1cccc(Cl)c1. The molecule has 30 heavy (non-hydrogen) atoms. The van der Waals surface area contributed by atoms with Gasteiger partial charge < -0.3 is 10.2 Å². The number of benzene rings is 2. The van der Waals surface area contributed by atoms with Crippen LogP contribution in [0.1, 0.15) is 31.9 Å². The standard InChI is InChI=1S/C23H28Cl2N2O2S/c1-16(2)12-26-23(29)17(3)27(13-19-8-4-5-10-21(19)25)22(28)15-30-14-18-7-6-9-20(24)11-18/h4-11,16-17H,12-15H2,1-3H3,(H,26,29)/t17-/m0/s1. The molecule has 2 aromatic rings. The van der Waals surface area contributed by atoms with E-state index in [0.717, 1.165) is 11.1 Å². The second kappa shape index (κ2) is 12.2. The Bertz CT molecular complexity index is 861. The number of carbonyl (C=O) groups is 2. The monoisotopic (exact) mass is 466 g/mol. The van der Waals surface area contributed by atoms with Gasteiger partial charge in [-0.25, -0.2) is 0 Å². The molecule has 0 aliphatic carbocycles. The minimum Gasteiger partial charge on any atom is -0.354 e. The van der Waals surface area contributed by atoms with Crippen LogP contribution in [0.25, 0.3) is 0 Å². The van der Waals surface area contributed by atoms with Crippen molar-refractivity contribution in [3.05, 3.63) is 69.7 Å². The largest absolute Gasteiger partial charge is 0.354 e. The van der Waals surface area contributed by atoms with Crippen molar-refractivity contribution in [1.82, 2.24) is 10.2 Å². The quantitative estimate of drug-likeness (QED) is 0.508. The van der Waals surface area contributed by atoms with Crippen LogP contribution < -0.4 is 5.32 Å². The number of amides is 2. The normalized spacial score (nSPS) is 11.9. The van der Waals surface area contributed by atoms with E-state index >= 15 is 0 Å². The van der Waals surface area contributed by atoms with E-state index in [1.807, 2.05) is 56.3 Å². The molecule has 0 spiro atoms. The van der Waals surface area contributed by atoms with Crippen LogP contribution >= 0.6 is 35.0 Å². The number of carbonyl (C=O) groups excluding carboxylic acids is 2. The predicted octanol–water partition coefficient (Wildman–Crippen LogP) is 5.42. The van der Waals surface area contributed by atoms with Crippen molar-refractivity contribution >= 4 is 46.8 Å². The van der Waals surface area contributed by atoms with Crippen molar-refractivity contribution in [2.45, 2.75) is 39.1 Å². The van der Waals surface area contributed by atoms with Crippen LogP contribution in [0, 0.1) is 5.92 Å². The highest BCUT2D eigenvalue weighted by Gasteiger charge is 2.26. The van der Waals surface area contributed by atoms with E-state index in [0.29, 0.717) is 28.3 Å². The number of nitrogens with zero attached hydrogens (tertiary/aromatic N) is 1. The van der Waals surface area contributed by atoms with Gasteiger partial charge in [0, 0.05) is 28.9 Å². The lowest BCUT2D eigenvalue weighted by Crippen LogP contribution is -2.48. The molecule has 7 heteroatoms. The number of rotatable bonds is 10. The number of hydrogen-bond donors (Lipinski definition) is 1. The Hall–Kier alpha value is -1.69. The van der Waals surface area contributed by atoms with Crippen LogP contribution in [0.5, 0.6) is 0 Å². The van der Waals surface area contributed by atoms with Gasteiger partial charge in [-0.3, -0.25) is 9.59 Å². The summed E-state index contributed by atoms with van der Waals surface area (Å²) in [5, 5.41) is 4.17. The number of halogens is 2. The summed E-state index contributed by atoms with van der Waals surface area (Å²) in [6, 6.07) is 14.4. The van der Waals surface area contributed by atoms with Gasteiger partial charge in [0.25, 0.3) is 0 Å². The van der Waals surface area contributed by atoms with Gasteiger partial charge in [-0.2, -0.15) is 0 Å². The maximum absolute atomic E-state index is 13.1. The van der Waals surface area contributed by atoms with Gasteiger partial charge in [0.1, 0.15) is 6.04 Å². The molecule has 0 aliphatic heterocycles. The average Bonchev–Trinajstić information content (AvgIpc) is 2.70. The van der Waals surface area contributed by atoms with Crippen LogP contribution in [0.15, 0.2) is 48.5 Å². The zero-order valence-electron chi connectivity index (χ0n) is 17.5. The van der Waals surface area contributed by atoms with E-state index in [4.69, 9.17) is 23.2 Å². The van der Waals surface area contributed by atoms with Crippen molar-refractivity contribution in [1.29, 1.82) is 0 Å². The van der Waals surface area contributed by atoms with Gasteiger partial charge in [-0.05, 0) is 42.2 Å². The third-order valence-corrected chi connectivity index (χ3v) is 6.13. The summed E-state index contributed by atoms with van der Waals surface area (Å²) in [5.74, 6) is 0.999. The molecule has 2 rings (SSSR count). The first-order chi connectivity index (χ1) is 14.3. The molecule has 2 aromatic carbocycles. The van der Waals surface area contributed by atoms with Crippen molar-refractivity contribution in [2.75, 3.05) is 12.3 Å². The third-order valence-electron chi connectivity index (χ3n) is 4.53. The molecule has 0 unspecified atom stereocenters. The first-order valence-corrected chi connectivity index (χ1v) is 11.8. The molecular formula is C23H28Cl2N2O2S. The average molecular weight is 467 g/mol. The molecule has 0 bridgehead atoms. The Morgan fingerprint density at radius 3 is 2.47 bits per heavy atom. The zero-order chi connectivity index (χ0) is 22.1. The van der Waals surface area contributed by atoms with E-state index in [1.54, 1.807) is 17.9 Å². The van der Waals surface area contributed by atoms with Gasteiger partial charge in [0.05, 0.1) is 5.75 Å². The van der Waals surface area contributed by atoms with Gasteiger partial charge in [0.15, 0.2) is 0 Å². The zero-order valence-corrected chi connectivity index (χ0v) is 19.9. The summed E-state index contributed by atoms with van der Waals surface area (Å²) in [5.41, 5.74) is 1.87. The van der Waals surface area contributed by atoms with E-state index in [-0.39, 0.29) is 24.1 Å². The molecule has 0 radical (unpaired) electrons. The number of nitrogens with one attached hydrogen (secondary N) is 1. The Balaban J connectivity index is 2.07. The lowest BCUT2D eigenvalue weighted by molar-refractivity contribution is -0.138. The summed E-state index contributed by atoms with van der Waals surface area (Å²) in [6.45, 7) is 6.67. The molecule has 2 amide bonds. The predicted molar refractivity (Wildman–Crippen MR) is 127 cm³/mol. The molecular weight excluding hydrogens is 439 g/mol. The van der Waals surface area contributed by atoms with E-state index in [1.165, 1.54) is 11.8 Å². The molecule has 162 valence electrons. The van der Waals surface area contributed by atoms with Crippen molar-refractivity contribution < 1.29 is 9.59 Å². The minimum atomic E-state index is -0.598. The lowest BCUT2D eigenvalue weighted by Gasteiger charge is -2.29.